The molecule has 8 heteroatoms. The van der Waals surface area contributed by atoms with Gasteiger partial charge in [0.2, 0.25) is 0 Å². The van der Waals surface area contributed by atoms with E-state index in [1.807, 2.05) is 0 Å². The van der Waals surface area contributed by atoms with E-state index in [-0.39, 0.29) is 0 Å². The van der Waals surface area contributed by atoms with Gasteiger partial charge in [-0.15, -0.1) is 0 Å². The number of carbonyl (C=O) groups is 1. The van der Waals surface area contributed by atoms with Crippen LogP contribution in [0.5, 0.6) is 0 Å². The third kappa shape index (κ3) is 4.35. The van der Waals surface area contributed by atoms with Crippen LogP contribution >= 0.6 is 0 Å². The molecule has 0 fully saturated rings. The molecular weight excluding hydrogens is 338 g/mol. The Hall–Kier alpha value is -2.35. The van der Waals surface area contributed by atoms with E-state index in [1.165, 1.54) is 0 Å². The van der Waals surface area contributed by atoms with Gasteiger partial charge in [0, 0.05) is 6.07 Å². The summed E-state index contributed by atoms with van der Waals surface area (Å²) in [4.78, 5) is 11.0. The van der Waals surface area contributed by atoms with Crippen molar-refractivity contribution in [3.8, 4) is 0 Å². The quantitative estimate of drug-likeness (QED) is 0.657. The summed E-state index contributed by atoms with van der Waals surface area (Å²) in [7, 11) is 0. The molecule has 1 unspecified atom stereocenters. The molecule has 1 N–H and O–H groups in total. The van der Waals surface area contributed by atoms with Crippen molar-refractivity contribution in [2.24, 2.45) is 0 Å². The Morgan fingerprint density at radius 3 is 1.83 bits per heavy atom. The highest BCUT2D eigenvalue weighted by Gasteiger charge is 2.36. The zero-order chi connectivity index (χ0) is 18.7. The molecule has 130 valence electrons. The zero-order valence-corrected chi connectivity index (χ0v) is 12.5. The van der Waals surface area contributed by atoms with Crippen molar-refractivity contribution < 1.29 is 36.2 Å². The Bertz CT molecular complexity index is 758. The van der Waals surface area contributed by atoms with Crippen LogP contribution in [0.1, 0.15) is 19.4 Å². The summed E-state index contributed by atoms with van der Waals surface area (Å²) in [5.41, 5.74) is -3.33. The largest absolute Gasteiger partial charge is 0.377 e. The van der Waals surface area contributed by atoms with Gasteiger partial charge in [-0.25, -0.2) is 26.3 Å². The fourth-order valence-corrected chi connectivity index (χ4v) is 1.62. The topological polar surface area (TPSA) is 37.3 Å². The van der Waals surface area contributed by atoms with Gasteiger partial charge in [-0.05, 0) is 38.1 Å². The lowest BCUT2D eigenvalue weighted by atomic mass is 9.91. The van der Waals surface area contributed by atoms with E-state index >= 15 is 0 Å². The van der Waals surface area contributed by atoms with Crippen LogP contribution in [0.15, 0.2) is 30.3 Å². The number of carbonyl (C=O) groups excluding carboxylic acids is 1. The van der Waals surface area contributed by atoms with Gasteiger partial charge in [0.25, 0.3) is 0 Å². The molecule has 0 saturated heterocycles. The first-order valence-corrected chi connectivity index (χ1v) is 6.46. The average molecular weight is 350 g/mol. The van der Waals surface area contributed by atoms with Gasteiger partial charge in [0.05, 0.1) is 5.56 Å². The smallest absolute Gasteiger partial charge is 0.168 e. The maximum absolute atomic E-state index is 13.2. The molecule has 0 aliphatic rings. The Morgan fingerprint density at radius 2 is 1.38 bits per heavy atom. The number of rotatable bonds is 2. The molecule has 0 amide bonds. The van der Waals surface area contributed by atoms with Crippen molar-refractivity contribution in [3.63, 3.8) is 0 Å². The zero-order valence-electron chi connectivity index (χ0n) is 12.5. The molecule has 0 bridgehead atoms. The van der Waals surface area contributed by atoms with Crippen molar-refractivity contribution >= 4 is 5.78 Å². The molecule has 24 heavy (non-hydrogen) atoms. The summed E-state index contributed by atoms with van der Waals surface area (Å²) in [5, 5.41) is 9.55. The van der Waals surface area contributed by atoms with Crippen LogP contribution < -0.4 is 0 Å². The van der Waals surface area contributed by atoms with E-state index < -0.39 is 51.9 Å². The first-order valence-electron chi connectivity index (χ1n) is 6.46. The van der Waals surface area contributed by atoms with Crippen LogP contribution in [0.4, 0.5) is 26.3 Å². The number of hydrogen-bond acceptors (Lipinski definition) is 2. The van der Waals surface area contributed by atoms with Gasteiger partial charge in [0.1, 0.15) is 11.6 Å². The molecule has 0 radical (unpaired) electrons. The minimum atomic E-state index is -2.36. The summed E-state index contributed by atoms with van der Waals surface area (Å²) >= 11 is 0. The molecule has 2 rings (SSSR count). The van der Waals surface area contributed by atoms with Crippen molar-refractivity contribution in [1.29, 1.82) is 0 Å². The van der Waals surface area contributed by atoms with E-state index in [0.29, 0.717) is 18.2 Å². The van der Waals surface area contributed by atoms with Crippen LogP contribution in [-0.2, 0) is 10.4 Å². The lowest BCUT2D eigenvalue weighted by molar-refractivity contribution is -0.134. The molecule has 0 heterocycles. The molecule has 0 saturated carbocycles. The van der Waals surface area contributed by atoms with E-state index in [9.17, 15) is 36.2 Å². The second kappa shape index (κ2) is 7.48. The monoisotopic (exact) mass is 350 g/mol. The van der Waals surface area contributed by atoms with Gasteiger partial charge < -0.3 is 5.11 Å². The highest BCUT2D eigenvalue weighted by atomic mass is 19.2. The maximum Gasteiger partial charge on any atom is 0.168 e. The average Bonchev–Trinajstić information content (AvgIpc) is 2.48. The first kappa shape index (κ1) is 19.7. The fourth-order valence-electron chi connectivity index (χ4n) is 1.62. The highest BCUT2D eigenvalue weighted by Crippen LogP contribution is 2.28. The second-order valence-corrected chi connectivity index (χ2v) is 4.91. The molecule has 2 aromatic carbocycles. The number of hydrogen-bond donors (Lipinski definition) is 1. The number of aliphatic hydroxyl groups is 1. The molecule has 2 aromatic rings. The van der Waals surface area contributed by atoms with Crippen LogP contribution in [0, 0.1) is 34.9 Å². The predicted octanol–water partition coefficient (Wildman–Crippen LogP) is 4.00. The normalized spacial score (nSPS) is 12.9. The number of benzene rings is 2. The summed E-state index contributed by atoms with van der Waals surface area (Å²) in [6.07, 6.45) is 0. The van der Waals surface area contributed by atoms with Crippen molar-refractivity contribution in [3.05, 3.63) is 70.8 Å². The van der Waals surface area contributed by atoms with Crippen LogP contribution in [0.3, 0.4) is 0 Å². The van der Waals surface area contributed by atoms with Crippen LogP contribution in [0.25, 0.3) is 0 Å². The molecule has 0 aliphatic heterocycles. The first-order chi connectivity index (χ1) is 11.0. The van der Waals surface area contributed by atoms with E-state index in [1.54, 1.807) is 0 Å². The van der Waals surface area contributed by atoms with E-state index in [4.69, 9.17) is 0 Å². The van der Waals surface area contributed by atoms with Gasteiger partial charge in [-0.1, -0.05) is 0 Å². The lowest BCUT2D eigenvalue weighted by Crippen LogP contribution is -2.32. The standard InChI is InChI=1S/C10H9F3O2.C6H3F3/c1-5(14)10(2,15)8-6(11)3-4-7(12)9(8)13;7-4-1-2-5(8)6(9)3-4/h3-4,15H,1-2H3;1-3H. The van der Waals surface area contributed by atoms with Crippen LogP contribution in [0.2, 0.25) is 0 Å². The maximum atomic E-state index is 13.2. The molecule has 0 spiro atoms. The SMILES string of the molecule is CC(=O)C(C)(O)c1c(F)ccc(F)c1F.Fc1ccc(F)c(F)c1. The summed E-state index contributed by atoms with van der Waals surface area (Å²) in [6, 6.07) is 3.34. The third-order valence-electron chi connectivity index (χ3n) is 3.10. The summed E-state index contributed by atoms with van der Waals surface area (Å²) < 4.78 is 75.0. The number of halogens is 6. The molecular formula is C16H12F6O2. The van der Waals surface area contributed by atoms with Crippen molar-refractivity contribution in [1.82, 2.24) is 0 Å². The summed E-state index contributed by atoms with van der Waals surface area (Å²) in [5.74, 6) is -7.84. The Labute approximate surface area is 133 Å². The Kier molecular flexibility index (Phi) is 6.14. The fraction of sp³-hybridized carbons (Fsp3) is 0.188. The van der Waals surface area contributed by atoms with Crippen LogP contribution in [-0.4, -0.2) is 10.9 Å². The molecule has 0 aliphatic carbocycles. The van der Waals surface area contributed by atoms with Crippen molar-refractivity contribution in [2.45, 2.75) is 19.4 Å². The third-order valence-corrected chi connectivity index (χ3v) is 3.10. The minimum absolute atomic E-state index is 0.495. The molecule has 2 nitrogen and oxygen atoms in total. The predicted molar refractivity (Wildman–Crippen MR) is 72.9 cm³/mol. The van der Waals surface area contributed by atoms with E-state index in [2.05, 4.69) is 0 Å². The molecule has 1 atom stereocenters. The van der Waals surface area contributed by atoms with Gasteiger partial charge in [0.15, 0.2) is 34.7 Å². The number of Topliss-reactive ketones (excluding diaryl/α,β-unsaturated/α-hetero) is 1. The minimum Gasteiger partial charge on any atom is -0.377 e. The Balaban J connectivity index is 0.000000272. The van der Waals surface area contributed by atoms with E-state index in [0.717, 1.165) is 26.0 Å². The van der Waals surface area contributed by atoms with Gasteiger partial charge in [-0.2, -0.15) is 0 Å². The number of ketones is 1. The lowest BCUT2D eigenvalue weighted by Gasteiger charge is -2.21. The second-order valence-electron chi connectivity index (χ2n) is 4.91. The highest BCUT2D eigenvalue weighted by molar-refractivity contribution is 5.85. The van der Waals surface area contributed by atoms with Gasteiger partial charge in [-0.3, -0.25) is 4.79 Å². The van der Waals surface area contributed by atoms with Gasteiger partial charge >= 0.3 is 0 Å². The summed E-state index contributed by atoms with van der Waals surface area (Å²) in [6.45, 7) is 1.88. The van der Waals surface area contributed by atoms with Crippen molar-refractivity contribution in [2.75, 3.05) is 0 Å². The molecule has 0 aromatic heterocycles. The Morgan fingerprint density at radius 1 is 0.875 bits per heavy atom.